The van der Waals surface area contributed by atoms with Crippen molar-refractivity contribution in [3.8, 4) is 0 Å². The van der Waals surface area contributed by atoms with Crippen LogP contribution in [-0.4, -0.2) is 19.1 Å². The van der Waals surface area contributed by atoms with Crippen LogP contribution in [0, 0.1) is 13.8 Å². The predicted octanol–water partition coefficient (Wildman–Crippen LogP) is 3.58. The monoisotopic (exact) mass is 329 g/mol. The summed E-state index contributed by atoms with van der Waals surface area (Å²) in [6.45, 7) is 7.48. The minimum absolute atomic E-state index is 0.387. The lowest BCUT2D eigenvalue weighted by atomic mass is 9.93. The quantitative estimate of drug-likeness (QED) is 0.668. The highest BCUT2D eigenvalue weighted by Gasteiger charge is 2.33. The van der Waals surface area contributed by atoms with Gasteiger partial charge < -0.3 is 15.8 Å². The van der Waals surface area contributed by atoms with Gasteiger partial charge in [-0.3, -0.25) is 0 Å². The Bertz CT molecular complexity index is 717. The Morgan fingerprint density at radius 2 is 2.09 bits per heavy atom. The largest absolute Gasteiger partial charge is 0.370 e. The summed E-state index contributed by atoms with van der Waals surface area (Å²) in [6.07, 6.45) is 0.989. The molecule has 0 amide bonds. The SMILES string of the molecule is Cc1cc(C)cc(NC(N)=NCC2(C)OCCc3sccc32)c1. The Balaban J connectivity index is 1.73. The maximum Gasteiger partial charge on any atom is 0.193 e. The van der Waals surface area contributed by atoms with Crippen molar-refractivity contribution in [2.45, 2.75) is 32.8 Å². The molecule has 0 spiro atoms. The number of nitrogens with zero attached hydrogens (tertiary/aromatic N) is 1. The minimum Gasteiger partial charge on any atom is -0.370 e. The van der Waals surface area contributed by atoms with Crippen molar-refractivity contribution in [1.82, 2.24) is 0 Å². The number of aryl methyl sites for hydroxylation is 2. The van der Waals surface area contributed by atoms with Gasteiger partial charge in [-0.15, -0.1) is 11.3 Å². The third-order valence-corrected chi connectivity index (χ3v) is 5.09. The molecule has 1 atom stereocenters. The lowest BCUT2D eigenvalue weighted by Gasteiger charge is -2.33. The molecule has 1 aromatic heterocycles. The number of nitrogens with one attached hydrogen (secondary N) is 1. The molecule has 0 saturated carbocycles. The standard InChI is InChI=1S/C18H23N3OS/c1-12-8-13(2)10-14(9-12)21-17(19)20-11-18(3)15-5-7-23-16(15)4-6-22-18/h5,7-10H,4,6,11H2,1-3H3,(H3,19,20,21). The summed E-state index contributed by atoms with van der Waals surface area (Å²) in [6, 6.07) is 8.39. The number of nitrogens with two attached hydrogens (primary N) is 1. The van der Waals surface area contributed by atoms with E-state index in [9.17, 15) is 0 Å². The van der Waals surface area contributed by atoms with E-state index in [-0.39, 0.29) is 5.60 Å². The van der Waals surface area contributed by atoms with Crippen molar-refractivity contribution in [1.29, 1.82) is 0 Å². The second kappa shape index (κ2) is 6.34. The van der Waals surface area contributed by atoms with Crippen LogP contribution >= 0.6 is 11.3 Å². The van der Waals surface area contributed by atoms with Gasteiger partial charge in [0.2, 0.25) is 0 Å². The van der Waals surface area contributed by atoms with Crippen LogP contribution in [0.4, 0.5) is 5.69 Å². The summed E-state index contributed by atoms with van der Waals surface area (Å²) in [5.74, 6) is 0.419. The van der Waals surface area contributed by atoms with Crippen LogP contribution in [-0.2, 0) is 16.8 Å². The lowest BCUT2D eigenvalue weighted by Crippen LogP contribution is -2.36. The molecule has 3 rings (SSSR count). The molecule has 122 valence electrons. The Labute approximate surface area is 141 Å². The number of rotatable bonds is 3. The fourth-order valence-corrected chi connectivity index (χ4v) is 4.03. The molecule has 0 aliphatic carbocycles. The van der Waals surface area contributed by atoms with Gasteiger partial charge in [0, 0.05) is 17.0 Å². The fraction of sp³-hybridized carbons (Fsp3) is 0.389. The highest BCUT2D eigenvalue weighted by molar-refractivity contribution is 7.10. The maximum atomic E-state index is 6.06. The summed E-state index contributed by atoms with van der Waals surface area (Å²) in [4.78, 5) is 5.91. The van der Waals surface area contributed by atoms with E-state index in [1.54, 1.807) is 11.3 Å². The zero-order valence-corrected chi connectivity index (χ0v) is 14.7. The van der Waals surface area contributed by atoms with Crippen LogP contribution in [0.5, 0.6) is 0 Å². The summed E-state index contributed by atoms with van der Waals surface area (Å²) in [5, 5.41) is 5.30. The highest BCUT2D eigenvalue weighted by Crippen LogP contribution is 2.36. The molecule has 1 aliphatic rings. The van der Waals surface area contributed by atoms with Gasteiger partial charge in [0.1, 0.15) is 5.60 Å². The van der Waals surface area contributed by atoms with E-state index < -0.39 is 0 Å². The number of guanidine groups is 1. The zero-order valence-electron chi connectivity index (χ0n) is 13.8. The summed E-state index contributed by atoms with van der Waals surface area (Å²) >= 11 is 1.79. The Morgan fingerprint density at radius 3 is 2.83 bits per heavy atom. The minimum atomic E-state index is -0.387. The van der Waals surface area contributed by atoms with Gasteiger partial charge in [-0.1, -0.05) is 6.07 Å². The van der Waals surface area contributed by atoms with Crippen LogP contribution in [0.2, 0.25) is 0 Å². The van der Waals surface area contributed by atoms with Crippen LogP contribution < -0.4 is 11.1 Å². The number of anilines is 1. The van der Waals surface area contributed by atoms with Gasteiger partial charge in [-0.25, -0.2) is 4.99 Å². The van der Waals surface area contributed by atoms with Gasteiger partial charge in [0.25, 0.3) is 0 Å². The molecule has 1 aromatic carbocycles. The highest BCUT2D eigenvalue weighted by atomic mass is 32.1. The van der Waals surface area contributed by atoms with Crippen LogP contribution in [0.25, 0.3) is 0 Å². The number of aliphatic imine (C=N–C) groups is 1. The van der Waals surface area contributed by atoms with E-state index in [4.69, 9.17) is 10.5 Å². The molecule has 0 saturated heterocycles. The molecule has 3 N–H and O–H groups in total. The molecule has 0 bridgehead atoms. The number of hydrogen-bond acceptors (Lipinski definition) is 3. The average Bonchev–Trinajstić information content (AvgIpc) is 2.94. The number of benzene rings is 1. The van der Waals surface area contributed by atoms with E-state index in [0.717, 1.165) is 18.7 Å². The molecule has 2 heterocycles. The molecule has 4 nitrogen and oxygen atoms in total. The normalized spacial score (nSPS) is 21.1. The Hall–Kier alpha value is -1.85. The fourth-order valence-electron chi connectivity index (χ4n) is 3.05. The molecule has 0 fully saturated rings. The van der Waals surface area contributed by atoms with Gasteiger partial charge in [-0.05, 0) is 61.0 Å². The second-order valence-electron chi connectivity index (χ2n) is 6.29. The number of ether oxygens (including phenoxy) is 1. The number of hydrogen-bond donors (Lipinski definition) is 2. The second-order valence-corrected chi connectivity index (χ2v) is 7.29. The Kier molecular flexibility index (Phi) is 4.41. The smallest absolute Gasteiger partial charge is 0.193 e. The van der Waals surface area contributed by atoms with Crippen molar-refractivity contribution in [3.05, 3.63) is 51.2 Å². The van der Waals surface area contributed by atoms with Crippen molar-refractivity contribution in [2.24, 2.45) is 10.7 Å². The number of thiophene rings is 1. The molecule has 1 unspecified atom stereocenters. The van der Waals surface area contributed by atoms with E-state index in [1.165, 1.54) is 21.6 Å². The van der Waals surface area contributed by atoms with Gasteiger partial charge in [0.15, 0.2) is 5.96 Å². The van der Waals surface area contributed by atoms with Crippen LogP contribution in [0.1, 0.15) is 28.5 Å². The first-order chi connectivity index (χ1) is 11.0. The van der Waals surface area contributed by atoms with Crippen molar-refractivity contribution < 1.29 is 4.74 Å². The average molecular weight is 329 g/mol. The zero-order chi connectivity index (χ0) is 16.4. The van der Waals surface area contributed by atoms with E-state index >= 15 is 0 Å². The molecule has 1 aliphatic heterocycles. The van der Waals surface area contributed by atoms with Crippen LogP contribution in [0.3, 0.4) is 0 Å². The summed E-state index contributed by atoms with van der Waals surface area (Å²) < 4.78 is 6.01. The first kappa shape index (κ1) is 16.0. The van der Waals surface area contributed by atoms with Crippen molar-refractivity contribution in [2.75, 3.05) is 18.5 Å². The Morgan fingerprint density at radius 1 is 1.35 bits per heavy atom. The molecule has 23 heavy (non-hydrogen) atoms. The molecule has 2 aromatic rings. The predicted molar refractivity (Wildman–Crippen MR) is 97.4 cm³/mol. The lowest BCUT2D eigenvalue weighted by molar-refractivity contribution is -0.0374. The molecular formula is C18H23N3OS. The van der Waals surface area contributed by atoms with Gasteiger partial charge in [0.05, 0.1) is 13.2 Å². The van der Waals surface area contributed by atoms with Gasteiger partial charge in [-0.2, -0.15) is 0 Å². The van der Waals surface area contributed by atoms with Crippen molar-refractivity contribution in [3.63, 3.8) is 0 Å². The number of fused-ring (bicyclic) bond motifs is 1. The summed E-state index contributed by atoms with van der Waals surface area (Å²) in [7, 11) is 0. The van der Waals surface area contributed by atoms with E-state index in [0.29, 0.717) is 12.5 Å². The maximum absolute atomic E-state index is 6.06. The third kappa shape index (κ3) is 3.57. The first-order valence-electron chi connectivity index (χ1n) is 7.82. The summed E-state index contributed by atoms with van der Waals surface area (Å²) in [5.41, 5.74) is 10.3. The van der Waals surface area contributed by atoms with Crippen molar-refractivity contribution >= 4 is 23.0 Å². The first-order valence-corrected chi connectivity index (χ1v) is 8.70. The molecule has 0 radical (unpaired) electrons. The molecule has 5 heteroatoms. The van der Waals surface area contributed by atoms with Gasteiger partial charge >= 0.3 is 0 Å². The molecular weight excluding hydrogens is 306 g/mol. The topological polar surface area (TPSA) is 59.6 Å². The van der Waals surface area contributed by atoms with Crippen LogP contribution in [0.15, 0.2) is 34.6 Å². The third-order valence-electron chi connectivity index (χ3n) is 4.11. The van der Waals surface area contributed by atoms with E-state index in [1.807, 2.05) is 0 Å². The van der Waals surface area contributed by atoms with E-state index in [2.05, 4.69) is 60.7 Å².